The number of piperidine rings is 2. The number of para-hydroxylation sites is 1. The molecule has 3 amide bonds. The van der Waals surface area contributed by atoms with Crippen LogP contribution in [0.2, 0.25) is 0 Å². The number of rotatable bonds is 7. The van der Waals surface area contributed by atoms with E-state index in [1.165, 1.54) is 0 Å². The monoisotopic (exact) mass is 531 g/mol. The molecule has 0 saturated carbocycles. The van der Waals surface area contributed by atoms with Crippen molar-refractivity contribution < 1.29 is 14.4 Å². The van der Waals surface area contributed by atoms with Crippen LogP contribution in [0.3, 0.4) is 0 Å². The fourth-order valence-corrected chi connectivity index (χ4v) is 6.36. The number of amides is 3. The molecule has 2 aromatic rings. The molecule has 0 radical (unpaired) electrons. The zero-order valence-electron chi connectivity index (χ0n) is 23.3. The summed E-state index contributed by atoms with van der Waals surface area (Å²) in [6.07, 6.45) is 4.23. The van der Waals surface area contributed by atoms with E-state index in [2.05, 4.69) is 16.8 Å². The molecule has 0 bridgehead atoms. The van der Waals surface area contributed by atoms with Gasteiger partial charge in [0.1, 0.15) is 12.1 Å². The number of benzene rings is 2. The standard InChI is InChI=1S/C31H41N5O3/c1-32-19-15-26(16-20-32)33(2)29(38)23-35-24-36(27-11-7-4-8-12-27)31(30(35)39)17-21-34(22-18-31)28(37)14-13-25-9-5-3-6-10-25/h3-12,26H,13-24H2,1-2H3. The normalized spacial score (nSPS) is 20.1. The molecule has 2 aromatic carbocycles. The van der Waals surface area contributed by atoms with Gasteiger partial charge in [-0.15, -0.1) is 0 Å². The predicted octanol–water partition coefficient (Wildman–Crippen LogP) is 2.84. The molecule has 208 valence electrons. The Kier molecular flexibility index (Phi) is 8.21. The molecule has 1 spiro atoms. The zero-order chi connectivity index (χ0) is 27.4. The minimum atomic E-state index is -0.732. The van der Waals surface area contributed by atoms with Crippen LogP contribution in [0.4, 0.5) is 5.69 Å². The Morgan fingerprint density at radius 3 is 2.18 bits per heavy atom. The van der Waals surface area contributed by atoms with Gasteiger partial charge in [0.05, 0.1) is 6.67 Å². The maximum Gasteiger partial charge on any atom is 0.250 e. The molecule has 39 heavy (non-hydrogen) atoms. The summed E-state index contributed by atoms with van der Waals surface area (Å²) in [7, 11) is 3.99. The lowest BCUT2D eigenvalue weighted by Crippen LogP contribution is -2.57. The van der Waals surface area contributed by atoms with E-state index >= 15 is 0 Å². The van der Waals surface area contributed by atoms with Crippen LogP contribution in [0.15, 0.2) is 60.7 Å². The summed E-state index contributed by atoms with van der Waals surface area (Å²) in [5.74, 6) is 0.140. The van der Waals surface area contributed by atoms with Crippen molar-refractivity contribution in [2.45, 2.75) is 50.1 Å². The molecule has 0 N–H and O–H groups in total. The lowest BCUT2D eigenvalue weighted by Gasteiger charge is -2.43. The number of nitrogens with zero attached hydrogens (tertiary/aromatic N) is 5. The number of likely N-dealkylation sites (tertiary alicyclic amines) is 2. The highest BCUT2D eigenvalue weighted by Gasteiger charge is 2.54. The van der Waals surface area contributed by atoms with Crippen LogP contribution in [-0.2, 0) is 20.8 Å². The molecule has 0 aromatic heterocycles. The summed E-state index contributed by atoms with van der Waals surface area (Å²) in [5.41, 5.74) is 1.41. The van der Waals surface area contributed by atoms with Crippen molar-refractivity contribution in [2.24, 2.45) is 0 Å². The summed E-state index contributed by atoms with van der Waals surface area (Å²) >= 11 is 0. The third-order valence-electron chi connectivity index (χ3n) is 8.95. The van der Waals surface area contributed by atoms with Gasteiger partial charge in [-0.1, -0.05) is 48.5 Å². The van der Waals surface area contributed by atoms with Crippen molar-refractivity contribution in [1.29, 1.82) is 0 Å². The highest BCUT2D eigenvalue weighted by Crippen LogP contribution is 2.39. The van der Waals surface area contributed by atoms with Crippen molar-refractivity contribution in [1.82, 2.24) is 19.6 Å². The number of aryl methyl sites for hydroxylation is 1. The maximum atomic E-state index is 14.0. The second-order valence-corrected chi connectivity index (χ2v) is 11.3. The molecule has 8 nitrogen and oxygen atoms in total. The molecule has 3 saturated heterocycles. The SMILES string of the molecule is CN1CCC(N(C)C(=O)CN2CN(c3ccccc3)C3(CCN(C(=O)CCc4ccccc4)CC3)C2=O)CC1. The summed E-state index contributed by atoms with van der Waals surface area (Å²) < 4.78 is 0. The van der Waals surface area contributed by atoms with Crippen molar-refractivity contribution >= 4 is 23.4 Å². The van der Waals surface area contributed by atoms with Crippen LogP contribution in [0.25, 0.3) is 0 Å². The van der Waals surface area contributed by atoms with E-state index in [-0.39, 0.29) is 30.3 Å². The van der Waals surface area contributed by atoms with Gasteiger partial charge in [0.15, 0.2) is 0 Å². The van der Waals surface area contributed by atoms with Crippen LogP contribution >= 0.6 is 0 Å². The average Bonchev–Trinajstić information content (AvgIpc) is 3.23. The summed E-state index contributed by atoms with van der Waals surface area (Å²) in [6.45, 7) is 3.52. The van der Waals surface area contributed by atoms with E-state index in [4.69, 9.17) is 0 Å². The van der Waals surface area contributed by atoms with E-state index in [0.29, 0.717) is 39.0 Å². The minimum absolute atomic E-state index is 0.00325. The molecule has 3 fully saturated rings. The molecular weight excluding hydrogens is 490 g/mol. The molecule has 0 aliphatic carbocycles. The van der Waals surface area contributed by atoms with Crippen molar-refractivity contribution in [3.63, 3.8) is 0 Å². The Balaban J connectivity index is 1.26. The van der Waals surface area contributed by atoms with Gasteiger partial charge in [-0.2, -0.15) is 0 Å². The van der Waals surface area contributed by atoms with E-state index in [9.17, 15) is 14.4 Å². The first-order chi connectivity index (χ1) is 18.9. The average molecular weight is 532 g/mol. The van der Waals surface area contributed by atoms with Gasteiger partial charge in [0.25, 0.3) is 5.91 Å². The van der Waals surface area contributed by atoms with E-state index in [0.717, 1.165) is 43.6 Å². The van der Waals surface area contributed by atoms with Gasteiger partial charge in [-0.05, 0) is 69.9 Å². The Bertz CT molecular complexity index is 1140. The smallest absolute Gasteiger partial charge is 0.250 e. The molecule has 0 atom stereocenters. The third kappa shape index (κ3) is 5.81. The number of hydrogen-bond donors (Lipinski definition) is 0. The van der Waals surface area contributed by atoms with Crippen molar-refractivity contribution in [2.75, 3.05) is 58.4 Å². The summed E-state index contributed by atoms with van der Waals surface area (Å²) in [5, 5.41) is 0. The Morgan fingerprint density at radius 1 is 0.923 bits per heavy atom. The first-order valence-electron chi connectivity index (χ1n) is 14.3. The lowest BCUT2D eigenvalue weighted by atomic mass is 9.85. The Morgan fingerprint density at radius 2 is 1.54 bits per heavy atom. The Hall–Kier alpha value is -3.39. The van der Waals surface area contributed by atoms with Gasteiger partial charge in [0.2, 0.25) is 11.8 Å². The number of carbonyl (C=O) groups excluding carboxylic acids is 3. The van der Waals surface area contributed by atoms with Crippen LogP contribution in [0, 0.1) is 0 Å². The summed E-state index contributed by atoms with van der Waals surface area (Å²) in [4.78, 5) is 50.3. The van der Waals surface area contributed by atoms with Crippen molar-refractivity contribution in [3.8, 4) is 0 Å². The number of carbonyl (C=O) groups is 3. The fraction of sp³-hybridized carbons (Fsp3) is 0.516. The largest absolute Gasteiger partial charge is 0.342 e. The summed E-state index contributed by atoms with van der Waals surface area (Å²) in [6, 6.07) is 20.3. The first kappa shape index (κ1) is 27.2. The molecule has 3 aliphatic heterocycles. The van der Waals surface area contributed by atoms with Gasteiger partial charge in [0, 0.05) is 38.3 Å². The highest BCUT2D eigenvalue weighted by molar-refractivity contribution is 5.96. The molecule has 0 unspecified atom stereocenters. The van der Waals surface area contributed by atoms with Gasteiger partial charge in [-0.25, -0.2) is 0 Å². The van der Waals surface area contributed by atoms with Crippen LogP contribution in [0.1, 0.15) is 37.7 Å². The maximum absolute atomic E-state index is 14.0. The first-order valence-corrected chi connectivity index (χ1v) is 14.3. The van der Waals surface area contributed by atoms with E-state index in [1.807, 2.05) is 77.5 Å². The lowest BCUT2D eigenvalue weighted by molar-refractivity contribution is -0.142. The topological polar surface area (TPSA) is 67.4 Å². The molecule has 3 heterocycles. The van der Waals surface area contributed by atoms with Crippen LogP contribution in [-0.4, -0.2) is 102 Å². The Labute approximate surface area is 232 Å². The number of hydrogen-bond acceptors (Lipinski definition) is 5. The second kappa shape index (κ2) is 11.8. The van der Waals surface area contributed by atoms with Crippen molar-refractivity contribution in [3.05, 3.63) is 66.2 Å². The van der Waals surface area contributed by atoms with E-state index < -0.39 is 5.54 Å². The zero-order valence-corrected chi connectivity index (χ0v) is 23.3. The fourth-order valence-electron chi connectivity index (χ4n) is 6.36. The van der Waals surface area contributed by atoms with Crippen LogP contribution < -0.4 is 4.90 Å². The number of anilines is 1. The number of likely N-dealkylation sites (N-methyl/N-ethyl adjacent to an activating group) is 1. The molecular formula is C31H41N5O3. The van der Waals surface area contributed by atoms with Gasteiger partial charge < -0.3 is 24.5 Å². The molecule has 8 heteroatoms. The predicted molar refractivity (Wildman–Crippen MR) is 152 cm³/mol. The van der Waals surface area contributed by atoms with E-state index in [1.54, 1.807) is 4.90 Å². The van der Waals surface area contributed by atoms with Gasteiger partial charge >= 0.3 is 0 Å². The molecule has 3 aliphatic rings. The molecule has 5 rings (SSSR count). The third-order valence-corrected chi connectivity index (χ3v) is 8.95. The van der Waals surface area contributed by atoms with Gasteiger partial charge in [-0.3, -0.25) is 14.4 Å². The quantitative estimate of drug-likeness (QED) is 0.550. The second-order valence-electron chi connectivity index (χ2n) is 11.3. The highest BCUT2D eigenvalue weighted by atomic mass is 16.2. The minimum Gasteiger partial charge on any atom is -0.342 e. The van der Waals surface area contributed by atoms with Crippen LogP contribution in [0.5, 0.6) is 0 Å².